The van der Waals surface area contributed by atoms with Crippen LogP contribution in [-0.2, 0) is 0 Å². The Morgan fingerprint density at radius 2 is 0.375 bits per heavy atom. The molecule has 6 nitrogen and oxygen atoms in total. The third-order valence-corrected chi connectivity index (χ3v) is 0. The van der Waals surface area contributed by atoms with E-state index >= 15 is 0 Å². The minimum atomic E-state index is 0. The second kappa shape index (κ2) is 125. The summed E-state index contributed by atoms with van der Waals surface area (Å²) in [6, 6.07) is 0. The molecule has 0 radical (unpaired) electrons. The normalized spacial score (nSPS) is 0. The summed E-state index contributed by atoms with van der Waals surface area (Å²) in [7, 11) is 0. The van der Waals surface area contributed by atoms with Crippen molar-refractivity contribution in [2.24, 2.45) is 0 Å². The first-order chi connectivity index (χ1) is 0. The van der Waals surface area contributed by atoms with Gasteiger partial charge in [0.05, 0.1) is 0 Å². The van der Waals surface area contributed by atoms with Crippen LogP contribution in [0.1, 0.15) is 0 Å². The zero-order chi connectivity index (χ0) is 0. The SMILES string of the molecule is [La+3].[OH-].[OH-].[OH-].[OH-].[OH-].[OH-].[Tb+3]. The molecular weight excluding hydrogens is 394 g/mol. The Balaban J connectivity index is 0. The van der Waals surface area contributed by atoms with Gasteiger partial charge in [-0.1, -0.05) is 0 Å². The van der Waals surface area contributed by atoms with Crippen molar-refractivity contribution in [2.75, 3.05) is 0 Å². The molecule has 0 atom stereocenters. The molecule has 8 heteroatoms. The molecule has 6 N–H and O–H groups in total. The predicted octanol–water partition coefficient (Wildman–Crippen LogP) is -1.06. The topological polar surface area (TPSA) is 180 Å². The molecule has 0 unspecified atom stereocenters. The van der Waals surface area contributed by atoms with Gasteiger partial charge in [0.1, 0.15) is 0 Å². The number of rotatable bonds is 0. The van der Waals surface area contributed by atoms with Gasteiger partial charge < -0.3 is 32.9 Å². The molecular formula is H6LaO6Tb. The van der Waals surface area contributed by atoms with Gasteiger partial charge in [-0.15, -0.1) is 0 Å². The van der Waals surface area contributed by atoms with Crippen LogP contribution in [0, 0.1) is 74.2 Å². The number of hydrogen-bond donors (Lipinski definition) is 0. The van der Waals surface area contributed by atoms with E-state index < -0.39 is 0 Å². The van der Waals surface area contributed by atoms with E-state index in [0.717, 1.165) is 0 Å². The van der Waals surface area contributed by atoms with Gasteiger partial charge in [-0.05, 0) is 0 Å². The molecule has 0 rings (SSSR count). The summed E-state index contributed by atoms with van der Waals surface area (Å²) >= 11 is 0. The zero-order valence-electron chi connectivity index (χ0n) is 3.59. The summed E-state index contributed by atoms with van der Waals surface area (Å²) in [6.07, 6.45) is 0. The van der Waals surface area contributed by atoms with E-state index in [1.165, 1.54) is 0 Å². The van der Waals surface area contributed by atoms with Gasteiger partial charge in [-0.2, -0.15) is 0 Å². The molecule has 0 saturated carbocycles. The van der Waals surface area contributed by atoms with Crippen molar-refractivity contribution >= 4 is 0 Å². The third-order valence-electron chi connectivity index (χ3n) is 0. The molecule has 0 aromatic carbocycles. The van der Waals surface area contributed by atoms with E-state index in [4.69, 9.17) is 0 Å². The second-order valence-corrected chi connectivity index (χ2v) is 0. The van der Waals surface area contributed by atoms with Crippen LogP contribution in [0.2, 0.25) is 0 Å². The van der Waals surface area contributed by atoms with Gasteiger partial charge in [0.25, 0.3) is 0 Å². The average molecular weight is 400 g/mol. The number of hydrogen-bond acceptors (Lipinski definition) is 6. The Morgan fingerprint density at radius 1 is 0.375 bits per heavy atom. The largest absolute Gasteiger partial charge is 3.00 e. The van der Waals surface area contributed by atoms with Crippen LogP contribution in [-0.4, -0.2) is 32.9 Å². The van der Waals surface area contributed by atoms with Crippen LogP contribution in [0.3, 0.4) is 0 Å². The first-order valence-corrected chi connectivity index (χ1v) is 0. The Bertz CT molecular complexity index is 8.49. The zero-order valence-corrected chi connectivity index (χ0v) is 9.36. The van der Waals surface area contributed by atoms with Crippen molar-refractivity contribution in [1.82, 2.24) is 0 Å². The van der Waals surface area contributed by atoms with E-state index in [1.54, 1.807) is 0 Å². The van der Waals surface area contributed by atoms with Gasteiger partial charge >= 0.3 is 74.2 Å². The summed E-state index contributed by atoms with van der Waals surface area (Å²) in [5.41, 5.74) is 0. The molecule has 0 aliphatic carbocycles. The molecule has 0 saturated heterocycles. The van der Waals surface area contributed by atoms with Crippen LogP contribution < -0.4 is 0 Å². The Labute approximate surface area is 105 Å². The molecule has 0 aromatic rings. The van der Waals surface area contributed by atoms with Gasteiger partial charge in [-0.3, -0.25) is 0 Å². The van der Waals surface area contributed by atoms with E-state index in [9.17, 15) is 0 Å². The van der Waals surface area contributed by atoms with Crippen LogP contribution >= 0.6 is 0 Å². The minimum Gasteiger partial charge on any atom is -0.870 e. The molecule has 0 bridgehead atoms. The summed E-state index contributed by atoms with van der Waals surface area (Å²) in [5, 5.41) is 0. The molecule has 54 valence electrons. The molecule has 0 aliphatic heterocycles. The van der Waals surface area contributed by atoms with E-state index in [2.05, 4.69) is 0 Å². The predicted molar refractivity (Wildman–Crippen MR) is 11.6 cm³/mol. The van der Waals surface area contributed by atoms with Crippen LogP contribution in [0.25, 0.3) is 0 Å². The molecule has 8 heavy (non-hydrogen) atoms. The summed E-state index contributed by atoms with van der Waals surface area (Å²) in [4.78, 5) is 0. The van der Waals surface area contributed by atoms with Crippen LogP contribution in [0.4, 0.5) is 0 Å². The Morgan fingerprint density at radius 3 is 0.375 bits per heavy atom. The van der Waals surface area contributed by atoms with Crippen molar-refractivity contribution in [3.63, 3.8) is 0 Å². The third kappa shape index (κ3) is 86.1. The van der Waals surface area contributed by atoms with Gasteiger partial charge in [0.15, 0.2) is 0 Å². The van der Waals surface area contributed by atoms with Crippen LogP contribution in [0.5, 0.6) is 0 Å². The maximum Gasteiger partial charge on any atom is 3.00 e. The second-order valence-electron chi connectivity index (χ2n) is 0. The quantitative estimate of drug-likeness (QED) is 0.500. The van der Waals surface area contributed by atoms with Crippen molar-refractivity contribution < 1.29 is 107 Å². The van der Waals surface area contributed by atoms with E-state index in [-0.39, 0.29) is 107 Å². The Hall–Kier alpha value is 2.24. The first kappa shape index (κ1) is 174. The molecule has 0 fully saturated rings. The maximum absolute atomic E-state index is 0. The summed E-state index contributed by atoms with van der Waals surface area (Å²) < 4.78 is 0. The molecule has 0 spiro atoms. The van der Waals surface area contributed by atoms with Crippen molar-refractivity contribution in [3.8, 4) is 0 Å². The first-order valence-electron chi connectivity index (χ1n) is 0. The van der Waals surface area contributed by atoms with Gasteiger partial charge in [-0.25, -0.2) is 0 Å². The van der Waals surface area contributed by atoms with Crippen molar-refractivity contribution in [1.29, 1.82) is 0 Å². The maximum atomic E-state index is 0. The van der Waals surface area contributed by atoms with E-state index in [0.29, 0.717) is 0 Å². The molecule has 0 aromatic heterocycles. The van der Waals surface area contributed by atoms with E-state index in [1.807, 2.05) is 0 Å². The molecule has 0 aliphatic rings. The Kier molecular flexibility index (Phi) is 2720. The fourth-order valence-electron chi connectivity index (χ4n) is 0. The average Bonchev–Trinajstić information content (AvgIpc) is 0. The fourth-order valence-corrected chi connectivity index (χ4v) is 0. The van der Waals surface area contributed by atoms with Crippen LogP contribution in [0.15, 0.2) is 0 Å². The van der Waals surface area contributed by atoms with Crippen molar-refractivity contribution in [2.45, 2.75) is 0 Å². The smallest absolute Gasteiger partial charge is 0.870 e. The molecule has 0 heterocycles. The summed E-state index contributed by atoms with van der Waals surface area (Å²) in [6.45, 7) is 0. The summed E-state index contributed by atoms with van der Waals surface area (Å²) in [5.74, 6) is 0. The van der Waals surface area contributed by atoms with Gasteiger partial charge in [0.2, 0.25) is 0 Å². The fraction of sp³-hybridized carbons (Fsp3) is 0. The van der Waals surface area contributed by atoms with Gasteiger partial charge in [0, 0.05) is 0 Å². The van der Waals surface area contributed by atoms with Crippen molar-refractivity contribution in [3.05, 3.63) is 0 Å². The molecule has 0 amide bonds. The monoisotopic (exact) mass is 400 g/mol. The standard InChI is InChI=1S/La.6H2O.Tb/h;6*1H2;/q+3;;;;;;;+3/p-6. The minimum absolute atomic E-state index is 0.